The molecule has 1 aromatic carbocycles. The third-order valence-corrected chi connectivity index (χ3v) is 4.89. The lowest BCUT2D eigenvalue weighted by Gasteiger charge is -2.18. The van der Waals surface area contributed by atoms with Crippen LogP contribution in [0.3, 0.4) is 0 Å². The van der Waals surface area contributed by atoms with Crippen molar-refractivity contribution in [3.05, 3.63) is 29.8 Å². The van der Waals surface area contributed by atoms with Crippen LogP contribution in [0.5, 0.6) is 0 Å². The van der Waals surface area contributed by atoms with Gasteiger partial charge in [-0.2, -0.15) is 0 Å². The van der Waals surface area contributed by atoms with Crippen molar-refractivity contribution in [1.82, 2.24) is 4.72 Å². The molecule has 0 unspecified atom stereocenters. The average Bonchev–Trinajstić information content (AvgIpc) is 2.75. The van der Waals surface area contributed by atoms with Gasteiger partial charge in [-0.1, -0.05) is 26.0 Å². The van der Waals surface area contributed by atoms with Crippen LogP contribution in [-0.2, 0) is 24.3 Å². The Bertz CT molecular complexity index is 801. The molecule has 2 rings (SSSR count). The highest BCUT2D eigenvalue weighted by Gasteiger charge is 2.33. The van der Waals surface area contributed by atoms with Crippen LogP contribution < -0.4 is 10.5 Å². The van der Waals surface area contributed by atoms with Crippen molar-refractivity contribution in [3.8, 4) is 0 Å². The van der Waals surface area contributed by atoms with Crippen LogP contribution in [0.15, 0.2) is 34.2 Å². The molecule has 0 aliphatic carbocycles. The number of hydrogen-bond donors (Lipinski definition) is 2. The van der Waals surface area contributed by atoms with Gasteiger partial charge in [0, 0.05) is 5.56 Å². The van der Waals surface area contributed by atoms with Crippen molar-refractivity contribution in [2.24, 2.45) is 16.6 Å². The maximum absolute atomic E-state index is 12.2. The van der Waals surface area contributed by atoms with Crippen molar-refractivity contribution >= 4 is 27.7 Å². The van der Waals surface area contributed by atoms with Crippen LogP contribution in [0, 0.1) is 5.92 Å². The molecule has 0 saturated heterocycles. The highest BCUT2D eigenvalue weighted by atomic mass is 32.2. The highest BCUT2D eigenvalue weighted by molar-refractivity contribution is 7.90. The van der Waals surface area contributed by atoms with Gasteiger partial charge in [0.05, 0.1) is 4.90 Å². The third-order valence-electron chi connectivity index (χ3n) is 3.50. The molecule has 0 saturated carbocycles. The summed E-state index contributed by atoms with van der Waals surface area (Å²) in [6.45, 7) is 4.83. The van der Waals surface area contributed by atoms with Crippen molar-refractivity contribution in [2.75, 3.05) is 0 Å². The van der Waals surface area contributed by atoms with E-state index in [1.165, 1.54) is 13.0 Å². The number of hydrogen-bond acceptors (Lipinski definition) is 6. The molecule has 8 nitrogen and oxygen atoms in total. The van der Waals surface area contributed by atoms with Crippen LogP contribution in [0.2, 0.25) is 0 Å². The Kier molecular flexibility index (Phi) is 4.93. The molecule has 0 bridgehead atoms. The number of aliphatic imine (C=N–C) groups is 1. The fourth-order valence-corrected chi connectivity index (χ4v) is 3.38. The Balaban J connectivity index is 2.36. The first-order valence-electron chi connectivity index (χ1n) is 7.33. The topological polar surface area (TPSA) is 128 Å². The first-order chi connectivity index (χ1) is 11.1. The van der Waals surface area contributed by atoms with E-state index >= 15 is 0 Å². The third kappa shape index (κ3) is 3.56. The molecule has 0 radical (unpaired) electrons. The molecule has 0 spiro atoms. The van der Waals surface area contributed by atoms with Crippen LogP contribution in [-0.4, -0.2) is 38.3 Å². The number of esters is 1. The Hall–Kier alpha value is -2.42. The number of fused-ring (bicyclic) bond motifs is 1. The zero-order valence-electron chi connectivity index (χ0n) is 13.5. The number of rotatable bonds is 5. The molecule has 0 fully saturated rings. The van der Waals surface area contributed by atoms with Gasteiger partial charge in [-0.15, -0.1) is 0 Å². The summed E-state index contributed by atoms with van der Waals surface area (Å²) in [4.78, 5) is 27.6. The molecule has 0 aromatic heterocycles. The molecule has 3 N–H and O–H groups in total. The number of benzene rings is 1. The Morgan fingerprint density at radius 2 is 1.83 bits per heavy atom. The smallest absolute Gasteiger partial charge is 0.331 e. The highest BCUT2D eigenvalue weighted by Crippen LogP contribution is 2.23. The fraction of sp³-hybridized carbons (Fsp3) is 0.400. The molecule has 1 aliphatic heterocycles. The molecular weight excluding hydrogens is 334 g/mol. The first kappa shape index (κ1) is 17.9. The van der Waals surface area contributed by atoms with Gasteiger partial charge in [0.25, 0.3) is 15.9 Å². The molecule has 1 amide bonds. The quantitative estimate of drug-likeness (QED) is 0.729. The second kappa shape index (κ2) is 6.60. The molecule has 1 aromatic rings. The number of carbonyl (C=O) groups excluding carboxylic acids is 2. The van der Waals surface area contributed by atoms with E-state index in [-0.39, 0.29) is 16.6 Å². The number of amides is 1. The molecule has 9 heteroatoms. The molecule has 24 heavy (non-hydrogen) atoms. The number of nitrogens with two attached hydrogens (primary N) is 1. The number of carbonyl (C=O) groups is 2. The van der Waals surface area contributed by atoms with E-state index in [9.17, 15) is 18.0 Å². The second-order valence-corrected chi connectivity index (χ2v) is 7.40. The summed E-state index contributed by atoms with van der Waals surface area (Å²) in [6.07, 6.45) is -1.09. The van der Waals surface area contributed by atoms with Gasteiger partial charge in [-0.3, -0.25) is 14.5 Å². The number of sulfonamides is 1. The van der Waals surface area contributed by atoms with Crippen molar-refractivity contribution < 1.29 is 22.7 Å². The minimum absolute atomic E-state index is 0.0768. The zero-order valence-corrected chi connectivity index (χ0v) is 14.3. The average molecular weight is 353 g/mol. The lowest BCUT2D eigenvalue weighted by Crippen LogP contribution is -2.37. The van der Waals surface area contributed by atoms with Gasteiger partial charge in [-0.05, 0) is 25.0 Å². The van der Waals surface area contributed by atoms with Crippen molar-refractivity contribution in [2.45, 2.75) is 37.8 Å². The summed E-state index contributed by atoms with van der Waals surface area (Å²) in [5.41, 5.74) is 5.47. The second-order valence-electron chi connectivity index (χ2n) is 5.75. The van der Waals surface area contributed by atoms with Crippen LogP contribution in [0.4, 0.5) is 0 Å². The lowest BCUT2D eigenvalue weighted by molar-refractivity contribution is -0.155. The number of nitrogens with one attached hydrogen (secondary N) is 1. The maximum Gasteiger partial charge on any atom is 0.331 e. The molecular formula is C15H19N3O5S. The maximum atomic E-state index is 12.2. The molecule has 1 aliphatic rings. The number of amidine groups is 1. The van der Waals surface area contributed by atoms with Gasteiger partial charge < -0.3 is 10.5 Å². The lowest BCUT2D eigenvalue weighted by atomic mass is 10.0. The van der Waals surface area contributed by atoms with E-state index in [1.54, 1.807) is 32.0 Å². The summed E-state index contributed by atoms with van der Waals surface area (Å²) in [5.74, 6) is -1.71. The van der Waals surface area contributed by atoms with Gasteiger partial charge >= 0.3 is 5.97 Å². The summed E-state index contributed by atoms with van der Waals surface area (Å²) in [7, 11) is -3.70. The van der Waals surface area contributed by atoms with Gasteiger partial charge in [0.1, 0.15) is 5.84 Å². The minimum atomic E-state index is -3.70. The summed E-state index contributed by atoms with van der Waals surface area (Å²) >= 11 is 0. The van der Waals surface area contributed by atoms with Crippen molar-refractivity contribution in [3.63, 3.8) is 0 Å². The Morgan fingerprint density at radius 1 is 1.21 bits per heavy atom. The van der Waals surface area contributed by atoms with E-state index in [2.05, 4.69) is 9.71 Å². The molecule has 1 heterocycles. The van der Waals surface area contributed by atoms with Gasteiger partial charge in [0.2, 0.25) is 0 Å². The number of primary amides is 1. The number of nitrogens with zero attached hydrogens (tertiary/aromatic N) is 1. The predicted octanol–water partition coefficient (Wildman–Crippen LogP) is 0.167. The first-order valence-corrected chi connectivity index (χ1v) is 8.81. The van der Waals surface area contributed by atoms with Crippen LogP contribution in [0.1, 0.15) is 26.3 Å². The summed E-state index contributed by atoms with van der Waals surface area (Å²) < 4.78 is 31.5. The predicted molar refractivity (Wildman–Crippen MR) is 86.7 cm³/mol. The number of ether oxygens (including phenoxy) is 1. The van der Waals surface area contributed by atoms with Crippen LogP contribution >= 0.6 is 0 Å². The van der Waals surface area contributed by atoms with E-state index in [0.717, 1.165) is 0 Å². The van der Waals surface area contributed by atoms with E-state index in [4.69, 9.17) is 10.5 Å². The van der Waals surface area contributed by atoms with Gasteiger partial charge in [-0.25, -0.2) is 13.2 Å². The minimum Gasteiger partial charge on any atom is -0.451 e. The SMILES string of the molecule is CC(C)[C@@H](N=C1NS(=O)(=O)c2ccccc21)C(=O)O[C@H](C)C(N)=O. The fourth-order valence-electron chi connectivity index (χ4n) is 2.14. The largest absolute Gasteiger partial charge is 0.451 e. The van der Waals surface area contributed by atoms with E-state index in [1.807, 2.05) is 0 Å². The zero-order chi connectivity index (χ0) is 18.1. The monoisotopic (exact) mass is 353 g/mol. The van der Waals surface area contributed by atoms with Crippen molar-refractivity contribution in [1.29, 1.82) is 0 Å². The Morgan fingerprint density at radius 3 is 2.42 bits per heavy atom. The molecule has 130 valence electrons. The standard InChI is InChI=1S/C15H19N3O5S/c1-8(2)12(15(20)23-9(3)13(16)19)17-14-10-6-4-5-7-11(10)24(21,22)18-14/h4-9,12H,1-3H3,(H2,16,19)(H,17,18)/t9-,12-/m1/s1. The summed E-state index contributed by atoms with van der Waals surface area (Å²) in [5, 5.41) is 0. The van der Waals surface area contributed by atoms with E-state index in [0.29, 0.717) is 5.56 Å². The Labute approximate surface area is 140 Å². The van der Waals surface area contributed by atoms with Crippen LogP contribution in [0.25, 0.3) is 0 Å². The summed E-state index contributed by atoms with van der Waals surface area (Å²) in [6, 6.07) is 5.35. The normalized spacial score (nSPS) is 19.4. The molecule has 2 atom stereocenters. The van der Waals surface area contributed by atoms with E-state index < -0.39 is 34.0 Å². The van der Waals surface area contributed by atoms with Gasteiger partial charge in [0.15, 0.2) is 12.1 Å².